The van der Waals surface area contributed by atoms with E-state index < -0.39 is 16.6 Å². The topological polar surface area (TPSA) is 75.5 Å². The van der Waals surface area contributed by atoms with E-state index in [2.05, 4.69) is 21.2 Å². The molecule has 6 nitrogen and oxygen atoms in total. The van der Waals surface area contributed by atoms with Crippen molar-refractivity contribution in [2.24, 2.45) is 0 Å². The number of anilines is 2. The molecule has 25 heavy (non-hydrogen) atoms. The summed E-state index contributed by atoms with van der Waals surface area (Å²) in [5.41, 5.74) is 0.587. The van der Waals surface area contributed by atoms with Gasteiger partial charge in [0.05, 0.1) is 15.1 Å². The molecular weight excluding hydrogens is 393 g/mol. The van der Waals surface area contributed by atoms with E-state index in [-0.39, 0.29) is 21.4 Å². The number of halogens is 2. The summed E-state index contributed by atoms with van der Waals surface area (Å²) in [4.78, 5) is 24.9. The third kappa shape index (κ3) is 3.63. The lowest BCUT2D eigenvalue weighted by Crippen LogP contribution is -2.22. The highest BCUT2D eigenvalue weighted by atomic mass is 79.9. The Labute approximate surface area is 151 Å². The van der Waals surface area contributed by atoms with E-state index in [1.807, 2.05) is 4.90 Å². The molecule has 3 rings (SSSR count). The van der Waals surface area contributed by atoms with Crippen LogP contribution in [0.2, 0.25) is 0 Å². The second-order valence-corrected chi connectivity index (χ2v) is 6.56. The summed E-state index contributed by atoms with van der Waals surface area (Å²) in [6.07, 6.45) is 2.03. The minimum absolute atomic E-state index is 0.0884. The van der Waals surface area contributed by atoms with Crippen molar-refractivity contribution in [3.63, 3.8) is 0 Å². The summed E-state index contributed by atoms with van der Waals surface area (Å²) < 4.78 is 14.6. The third-order valence-corrected chi connectivity index (χ3v) is 4.75. The van der Waals surface area contributed by atoms with Gasteiger partial charge in [-0.1, -0.05) is 6.07 Å². The van der Waals surface area contributed by atoms with Crippen LogP contribution in [-0.2, 0) is 0 Å². The summed E-state index contributed by atoms with van der Waals surface area (Å²) in [6.45, 7) is 1.60. The maximum atomic E-state index is 14.3. The van der Waals surface area contributed by atoms with Gasteiger partial charge in [0.25, 0.3) is 11.6 Å². The van der Waals surface area contributed by atoms with E-state index in [0.29, 0.717) is 5.69 Å². The molecule has 0 saturated carbocycles. The minimum Gasteiger partial charge on any atom is -0.370 e. The molecule has 1 heterocycles. The van der Waals surface area contributed by atoms with Crippen LogP contribution < -0.4 is 10.2 Å². The Kier molecular flexibility index (Phi) is 4.98. The van der Waals surface area contributed by atoms with Gasteiger partial charge in [0.15, 0.2) is 0 Å². The number of para-hydroxylation sites is 1. The SMILES string of the molecule is O=C(Nc1c(F)cccc1N1CCCC1)c1ccc(Br)c([N+](=O)[O-])c1. The van der Waals surface area contributed by atoms with Crippen LogP contribution in [0.4, 0.5) is 21.5 Å². The molecule has 1 aliphatic rings. The number of benzene rings is 2. The molecule has 2 aromatic carbocycles. The Morgan fingerprint density at radius 2 is 1.96 bits per heavy atom. The average molecular weight is 408 g/mol. The van der Waals surface area contributed by atoms with E-state index in [9.17, 15) is 19.3 Å². The highest BCUT2D eigenvalue weighted by molar-refractivity contribution is 9.10. The van der Waals surface area contributed by atoms with Gasteiger partial charge in [-0.2, -0.15) is 0 Å². The van der Waals surface area contributed by atoms with E-state index >= 15 is 0 Å². The summed E-state index contributed by atoms with van der Waals surface area (Å²) in [7, 11) is 0. The van der Waals surface area contributed by atoms with E-state index in [1.54, 1.807) is 12.1 Å². The molecule has 0 atom stereocenters. The molecule has 0 bridgehead atoms. The minimum atomic E-state index is -0.596. The van der Waals surface area contributed by atoms with Crippen LogP contribution in [0.1, 0.15) is 23.2 Å². The van der Waals surface area contributed by atoms with Gasteiger partial charge in [-0.25, -0.2) is 4.39 Å². The molecule has 0 unspecified atom stereocenters. The van der Waals surface area contributed by atoms with Crippen LogP contribution in [-0.4, -0.2) is 23.9 Å². The molecule has 1 saturated heterocycles. The van der Waals surface area contributed by atoms with Crippen LogP contribution in [0.15, 0.2) is 40.9 Å². The Balaban J connectivity index is 1.91. The summed E-state index contributed by atoms with van der Waals surface area (Å²) >= 11 is 3.07. The van der Waals surface area contributed by atoms with Crippen LogP contribution in [0, 0.1) is 15.9 Å². The zero-order chi connectivity index (χ0) is 18.0. The predicted molar refractivity (Wildman–Crippen MR) is 96.6 cm³/mol. The lowest BCUT2D eigenvalue weighted by Gasteiger charge is -2.22. The molecule has 130 valence electrons. The lowest BCUT2D eigenvalue weighted by atomic mass is 10.1. The molecule has 0 radical (unpaired) electrons. The first-order valence-corrected chi connectivity index (χ1v) is 8.55. The molecule has 1 aliphatic heterocycles. The maximum Gasteiger partial charge on any atom is 0.284 e. The Bertz CT molecular complexity index is 838. The Morgan fingerprint density at radius 1 is 1.24 bits per heavy atom. The molecule has 0 spiro atoms. The van der Waals surface area contributed by atoms with Crippen LogP contribution in [0.5, 0.6) is 0 Å². The van der Waals surface area contributed by atoms with Gasteiger partial charge in [0, 0.05) is 24.7 Å². The molecule has 0 aliphatic carbocycles. The Hall–Kier alpha value is -2.48. The van der Waals surface area contributed by atoms with Gasteiger partial charge in [0.2, 0.25) is 0 Å². The molecule has 1 N–H and O–H groups in total. The van der Waals surface area contributed by atoms with Crippen molar-refractivity contribution in [2.75, 3.05) is 23.3 Å². The first-order chi connectivity index (χ1) is 12.0. The van der Waals surface area contributed by atoms with Gasteiger partial charge in [0.1, 0.15) is 11.5 Å². The van der Waals surface area contributed by atoms with Gasteiger partial charge >= 0.3 is 0 Å². The fourth-order valence-electron chi connectivity index (χ4n) is 2.84. The number of nitro groups is 1. The second kappa shape index (κ2) is 7.18. The number of carbonyl (C=O) groups is 1. The normalized spacial score (nSPS) is 13.8. The van der Waals surface area contributed by atoms with Crippen molar-refractivity contribution in [1.29, 1.82) is 0 Å². The van der Waals surface area contributed by atoms with Crippen LogP contribution in [0.25, 0.3) is 0 Å². The second-order valence-electron chi connectivity index (χ2n) is 5.71. The molecule has 0 aromatic heterocycles. The smallest absolute Gasteiger partial charge is 0.284 e. The molecule has 2 aromatic rings. The third-order valence-electron chi connectivity index (χ3n) is 4.08. The van der Waals surface area contributed by atoms with E-state index in [1.165, 1.54) is 18.2 Å². The standard InChI is InChI=1S/C17H15BrFN3O3/c18-12-7-6-11(10-15(12)22(24)25)17(23)20-16-13(19)4-3-5-14(16)21-8-1-2-9-21/h3-7,10H,1-2,8-9H2,(H,20,23). The largest absolute Gasteiger partial charge is 0.370 e. The molecular formula is C17H15BrFN3O3. The molecule has 1 fully saturated rings. The number of hydrogen-bond acceptors (Lipinski definition) is 4. The first kappa shape index (κ1) is 17.3. The number of nitrogens with one attached hydrogen (secondary N) is 1. The van der Waals surface area contributed by atoms with Gasteiger partial charge < -0.3 is 10.2 Å². The van der Waals surface area contributed by atoms with Gasteiger partial charge in [-0.3, -0.25) is 14.9 Å². The Morgan fingerprint density at radius 3 is 2.64 bits per heavy atom. The number of amides is 1. The maximum absolute atomic E-state index is 14.3. The summed E-state index contributed by atoms with van der Waals surface area (Å²) in [5, 5.41) is 13.6. The van der Waals surface area contributed by atoms with Crippen molar-refractivity contribution in [3.8, 4) is 0 Å². The summed E-state index contributed by atoms with van der Waals surface area (Å²) in [6, 6.07) is 8.67. The van der Waals surface area contributed by atoms with Crippen molar-refractivity contribution in [3.05, 3.63) is 62.4 Å². The molecule has 8 heteroatoms. The van der Waals surface area contributed by atoms with Crippen molar-refractivity contribution >= 4 is 38.9 Å². The fourth-order valence-corrected chi connectivity index (χ4v) is 3.23. The van der Waals surface area contributed by atoms with Crippen molar-refractivity contribution < 1.29 is 14.1 Å². The van der Waals surface area contributed by atoms with Gasteiger partial charge in [-0.15, -0.1) is 0 Å². The van der Waals surface area contributed by atoms with E-state index in [0.717, 1.165) is 32.0 Å². The first-order valence-electron chi connectivity index (χ1n) is 7.76. The fraction of sp³-hybridized carbons (Fsp3) is 0.235. The van der Waals surface area contributed by atoms with E-state index in [4.69, 9.17) is 0 Å². The highest BCUT2D eigenvalue weighted by Gasteiger charge is 2.21. The number of rotatable bonds is 4. The van der Waals surface area contributed by atoms with Gasteiger partial charge in [-0.05, 0) is 53.0 Å². The van der Waals surface area contributed by atoms with Crippen molar-refractivity contribution in [1.82, 2.24) is 0 Å². The van der Waals surface area contributed by atoms with Crippen LogP contribution >= 0.6 is 15.9 Å². The number of nitrogens with zero attached hydrogens (tertiary/aromatic N) is 2. The number of nitro benzene ring substituents is 1. The monoisotopic (exact) mass is 407 g/mol. The number of hydrogen-bond donors (Lipinski definition) is 1. The predicted octanol–water partition coefficient (Wildman–Crippen LogP) is 4.35. The van der Waals surface area contributed by atoms with Crippen LogP contribution in [0.3, 0.4) is 0 Å². The zero-order valence-corrected chi connectivity index (χ0v) is 14.8. The lowest BCUT2D eigenvalue weighted by molar-refractivity contribution is -0.385. The number of carbonyl (C=O) groups excluding carboxylic acids is 1. The molecule has 1 amide bonds. The summed E-state index contributed by atoms with van der Waals surface area (Å²) in [5.74, 6) is -1.13. The average Bonchev–Trinajstić information content (AvgIpc) is 3.11. The quantitative estimate of drug-likeness (QED) is 0.603. The zero-order valence-electron chi connectivity index (χ0n) is 13.2. The highest BCUT2D eigenvalue weighted by Crippen LogP contribution is 2.32. The van der Waals surface area contributed by atoms with Crippen molar-refractivity contribution in [2.45, 2.75) is 12.8 Å².